The van der Waals surface area contributed by atoms with Gasteiger partial charge in [-0.15, -0.1) is 0 Å². The number of nitrogens with one attached hydrogen (secondary N) is 1. The molecule has 0 bridgehead atoms. The van der Waals surface area contributed by atoms with E-state index in [2.05, 4.69) is 15.3 Å². The molecule has 0 atom stereocenters. The SMILES string of the molecule is [C-]#[N+]CC1(n2cc(C(N)=O)c(NC(=O)C3CC3)n2)CCC(=O)CC1. The van der Waals surface area contributed by atoms with E-state index in [1.165, 1.54) is 6.20 Å². The van der Waals surface area contributed by atoms with Crippen LogP contribution in [0.25, 0.3) is 4.85 Å². The maximum absolute atomic E-state index is 12.0. The monoisotopic (exact) mass is 329 g/mol. The average molecular weight is 329 g/mol. The highest BCUT2D eigenvalue weighted by atomic mass is 16.2. The van der Waals surface area contributed by atoms with Crippen molar-refractivity contribution in [3.8, 4) is 0 Å². The van der Waals surface area contributed by atoms with E-state index in [0.717, 1.165) is 12.8 Å². The quantitative estimate of drug-likeness (QED) is 0.787. The van der Waals surface area contributed by atoms with E-state index in [-0.39, 0.29) is 35.5 Å². The van der Waals surface area contributed by atoms with Crippen molar-refractivity contribution in [2.24, 2.45) is 11.7 Å². The summed E-state index contributed by atoms with van der Waals surface area (Å²) in [5, 5.41) is 7.02. The highest BCUT2D eigenvalue weighted by Gasteiger charge is 2.41. The molecule has 126 valence electrons. The molecular weight excluding hydrogens is 310 g/mol. The first-order valence-corrected chi connectivity index (χ1v) is 8.01. The molecule has 3 N–H and O–H groups in total. The van der Waals surface area contributed by atoms with E-state index in [1.54, 1.807) is 4.68 Å². The van der Waals surface area contributed by atoms with Crippen LogP contribution in [0.1, 0.15) is 48.9 Å². The van der Waals surface area contributed by atoms with Gasteiger partial charge in [-0.25, -0.2) is 6.57 Å². The lowest BCUT2D eigenvalue weighted by Gasteiger charge is -2.32. The summed E-state index contributed by atoms with van der Waals surface area (Å²) < 4.78 is 1.56. The number of nitrogens with two attached hydrogens (primary N) is 1. The lowest BCUT2D eigenvalue weighted by Crippen LogP contribution is -2.41. The summed E-state index contributed by atoms with van der Waals surface area (Å²) in [5.74, 6) is -0.570. The third-order valence-corrected chi connectivity index (χ3v) is 4.77. The lowest BCUT2D eigenvalue weighted by molar-refractivity contribution is -0.122. The van der Waals surface area contributed by atoms with Crippen LogP contribution >= 0.6 is 0 Å². The van der Waals surface area contributed by atoms with Crippen molar-refractivity contribution >= 4 is 23.4 Å². The fourth-order valence-electron chi connectivity index (χ4n) is 3.05. The Hall–Kier alpha value is -2.69. The smallest absolute Gasteiger partial charge is 0.254 e. The summed E-state index contributed by atoms with van der Waals surface area (Å²) in [6.07, 6.45) is 4.90. The van der Waals surface area contributed by atoms with Gasteiger partial charge in [-0.05, 0) is 25.7 Å². The Morgan fingerprint density at radius 3 is 2.62 bits per heavy atom. The molecule has 24 heavy (non-hydrogen) atoms. The van der Waals surface area contributed by atoms with Crippen LogP contribution in [0.3, 0.4) is 0 Å². The van der Waals surface area contributed by atoms with Gasteiger partial charge in [0.05, 0.1) is 0 Å². The van der Waals surface area contributed by atoms with Gasteiger partial charge in [-0.3, -0.25) is 19.1 Å². The van der Waals surface area contributed by atoms with Crippen molar-refractivity contribution in [3.05, 3.63) is 23.2 Å². The van der Waals surface area contributed by atoms with E-state index < -0.39 is 11.4 Å². The predicted molar refractivity (Wildman–Crippen MR) is 85.0 cm³/mol. The van der Waals surface area contributed by atoms with Gasteiger partial charge in [0.2, 0.25) is 12.5 Å². The van der Waals surface area contributed by atoms with Crippen molar-refractivity contribution < 1.29 is 14.4 Å². The van der Waals surface area contributed by atoms with Gasteiger partial charge in [0.1, 0.15) is 16.9 Å². The van der Waals surface area contributed by atoms with Gasteiger partial charge in [0.25, 0.3) is 5.91 Å². The number of amides is 2. The highest BCUT2D eigenvalue weighted by molar-refractivity contribution is 6.02. The zero-order valence-electron chi connectivity index (χ0n) is 13.2. The first kappa shape index (κ1) is 16.2. The maximum atomic E-state index is 12.0. The van der Waals surface area contributed by atoms with E-state index in [9.17, 15) is 14.4 Å². The molecule has 0 unspecified atom stereocenters. The van der Waals surface area contributed by atoms with E-state index >= 15 is 0 Å². The number of hydrogen-bond acceptors (Lipinski definition) is 4. The maximum Gasteiger partial charge on any atom is 0.254 e. The summed E-state index contributed by atoms with van der Waals surface area (Å²) >= 11 is 0. The van der Waals surface area contributed by atoms with Crippen molar-refractivity contribution in [2.45, 2.75) is 44.1 Å². The number of primary amides is 1. The Labute approximate surface area is 139 Å². The number of Topliss-reactive ketones (excluding diaryl/α,β-unsaturated/α-hetero) is 1. The second kappa shape index (κ2) is 6.07. The van der Waals surface area contributed by atoms with Gasteiger partial charge in [-0.1, -0.05) is 0 Å². The Morgan fingerprint density at radius 1 is 1.42 bits per heavy atom. The van der Waals surface area contributed by atoms with Crippen LogP contribution < -0.4 is 11.1 Å². The minimum Gasteiger partial charge on any atom is -0.365 e. The Balaban J connectivity index is 1.93. The molecule has 0 saturated heterocycles. The van der Waals surface area contributed by atoms with Crippen LogP contribution in [0.4, 0.5) is 5.82 Å². The molecule has 0 spiro atoms. The summed E-state index contributed by atoms with van der Waals surface area (Å²) in [5.41, 5.74) is 4.90. The summed E-state index contributed by atoms with van der Waals surface area (Å²) in [7, 11) is 0. The predicted octanol–water partition coefficient (Wildman–Crippen LogP) is 1.09. The number of ketones is 1. The van der Waals surface area contributed by atoms with Gasteiger partial charge < -0.3 is 15.9 Å². The normalized spacial score (nSPS) is 19.5. The first-order chi connectivity index (χ1) is 11.4. The van der Waals surface area contributed by atoms with Crippen LogP contribution in [-0.4, -0.2) is 33.9 Å². The molecule has 2 aliphatic carbocycles. The van der Waals surface area contributed by atoms with Gasteiger partial charge in [-0.2, -0.15) is 5.10 Å². The van der Waals surface area contributed by atoms with Gasteiger partial charge >= 0.3 is 0 Å². The number of carbonyl (C=O) groups excluding carboxylic acids is 3. The Morgan fingerprint density at radius 2 is 2.08 bits per heavy atom. The first-order valence-electron chi connectivity index (χ1n) is 8.01. The number of aromatic nitrogens is 2. The summed E-state index contributed by atoms with van der Waals surface area (Å²) in [4.78, 5) is 38.7. The molecule has 1 heterocycles. The number of hydrogen-bond donors (Lipinski definition) is 2. The minimum absolute atomic E-state index is 0.0274. The number of nitrogens with zero attached hydrogens (tertiary/aromatic N) is 3. The molecule has 1 aromatic rings. The topological polar surface area (TPSA) is 111 Å². The minimum atomic E-state index is -0.683. The molecule has 8 heteroatoms. The molecule has 2 saturated carbocycles. The fourth-order valence-corrected chi connectivity index (χ4v) is 3.05. The molecule has 0 radical (unpaired) electrons. The van der Waals surface area contributed by atoms with Gasteiger partial charge in [0.15, 0.2) is 5.82 Å². The van der Waals surface area contributed by atoms with Crippen LogP contribution in [0, 0.1) is 12.5 Å². The van der Waals surface area contributed by atoms with Crippen LogP contribution in [0.5, 0.6) is 0 Å². The fraction of sp³-hybridized carbons (Fsp3) is 0.562. The highest BCUT2D eigenvalue weighted by Crippen LogP contribution is 2.35. The largest absolute Gasteiger partial charge is 0.365 e. The van der Waals surface area contributed by atoms with Crippen molar-refractivity contribution in [1.29, 1.82) is 0 Å². The second-order valence-electron chi connectivity index (χ2n) is 6.54. The van der Waals surface area contributed by atoms with Crippen molar-refractivity contribution in [2.75, 3.05) is 11.9 Å². The Bertz CT molecular complexity index is 731. The number of rotatable bonds is 5. The number of carbonyl (C=O) groups is 3. The zero-order chi connectivity index (χ0) is 17.3. The van der Waals surface area contributed by atoms with Crippen LogP contribution in [-0.2, 0) is 15.1 Å². The molecule has 8 nitrogen and oxygen atoms in total. The zero-order valence-corrected chi connectivity index (χ0v) is 13.2. The van der Waals surface area contributed by atoms with E-state index in [4.69, 9.17) is 12.3 Å². The Kier molecular flexibility index (Phi) is 4.09. The van der Waals surface area contributed by atoms with Crippen molar-refractivity contribution in [3.63, 3.8) is 0 Å². The van der Waals surface area contributed by atoms with Crippen LogP contribution in [0.15, 0.2) is 6.20 Å². The average Bonchev–Trinajstić information content (AvgIpc) is 3.31. The standard InChI is InChI=1S/C16H19N5O3/c1-18-9-16(6-4-11(22)5-7-16)21-8-12(13(17)23)14(20-21)19-15(24)10-2-3-10/h8,10H,2-7,9H2,(H2,17,23)(H,19,20,24). The molecule has 2 fully saturated rings. The third kappa shape index (κ3) is 3.02. The van der Waals surface area contributed by atoms with E-state index in [0.29, 0.717) is 25.7 Å². The molecule has 2 amide bonds. The lowest BCUT2D eigenvalue weighted by atomic mass is 9.81. The molecule has 3 rings (SSSR count). The molecule has 0 aromatic carbocycles. The molecule has 0 aliphatic heterocycles. The van der Waals surface area contributed by atoms with Crippen molar-refractivity contribution in [1.82, 2.24) is 9.78 Å². The molecule has 2 aliphatic rings. The molecular formula is C16H19N5O3. The third-order valence-electron chi connectivity index (χ3n) is 4.77. The summed E-state index contributed by atoms with van der Waals surface area (Å²) in [6, 6.07) is 0. The molecule has 1 aromatic heterocycles. The number of anilines is 1. The van der Waals surface area contributed by atoms with E-state index in [1.807, 2.05) is 0 Å². The van der Waals surface area contributed by atoms with Gasteiger partial charge in [0, 0.05) is 25.0 Å². The van der Waals surface area contributed by atoms with Crippen LogP contribution in [0.2, 0.25) is 0 Å². The second-order valence-corrected chi connectivity index (χ2v) is 6.54. The summed E-state index contributed by atoms with van der Waals surface area (Å²) in [6.45, 7) is 7.39.